The van der Waals surface area contributed by atoms with Gasteiger partial charge in [-0.25, -0.2) is 14.4 Å². The average molecular weight is 418 g/mol. The Balaban J connectivity index is 1.54. The lowest BCUT2D eigenvalue weighted by atomic mass is 10.1. The molecule has 6 heteroatoms. The Morgan fingerprint density at radius 2 is 1.97 bits per heavy atom. The van der Waals surface area contributed by atoms with Gasteiger partial charge in [0, 0.05) is 16.6 Å². The molecule has 1 N–H and O–H groups in total. The van der Waals surface area contributed by atoms with Crippen molar-refractivity contribution in [3.05, 3.63) is 89.0 Å². The van der Waals surface area contributed by atoms with Crippen molar-refractivity contribution in [3.63, 3.8) is 0 Å². The maximum absolute atomic E-state index is 13.3. The molecule has 4 nitrogen and oxygen atoms in total. The normalized spacial score (nSPS) is 10.4. The highest BCUT2D eigenvalue weighted by atomic mass is 35.5. The molecule has 0 bridgehead atoms. The number of nitrogens with zero attached hydrogens (tertiary/aromatic N) is 2. The third-order valence-corrected chi connectivity index (χ3v) is 4.68. The van der Waals surface area contributed by atoms with E-state index in [9.17, 15) is 4.39 Å². The van der Waals surface area contributed by atoms with Crippen LogP contribution in [0.25, 0.3) is 10.9 Å². The minimum absolute atomic E-state index is 0.224. The molecule has 4 aromatic rings. The van der Waals surface area contributed by atoms with Crippen LogP contribution in [0, 0.1) is 17.7 Å². The van der Waals surface area contributed by atoms with Crippen molar-refractivity contribution < 1.29 is 9.13 Å². The van der Waals surface area contributed by atoms with Crippen LogP contribution >= 0.6 is 11.6 Å². The summed E-state index contributed by atoms with van der Waals surface area (Å²) in [5.74, 6) is 6.81. The molecular weight excluding hydrogens is 401 g/mol. The van der Waals surface area contributed by atoms with Crippen molar-refractivity contribution in [2.75, 3.05) is 5.32 Å². The molecule has 30 heavy (non-hydrogen) atoms. The summed E-state index contributed by atoms with van der Waals surface area (Å²) in [6.45, 7) is 2.02. The fraction of sp³-hybridized carbons (Fsp3) is 0.0833. The molecule has 0 amide bonds. The molecule has 4 rings (SSSR count). The zero-order valence-electron chi connectivity index (χ0n) is 16.1. The average Bonchev–Trinajstić information content (AvgIpc) is 2.74. The van der Waals surface area contributed by atoms with Gasteiger partial charge in [0.15, 0.2) is 0 Å². The Labute approximate surface area is 178 Å². The molecule has 0 radical (unpaired) electrons. The lowest BCUT2D eigenvalue weighted by Crippen LogP contribution is -1.99. The second kappa shape index (κ2) is 8.81. The van der Waals surface area contributed by atoms with Gasteiger partial charge in [-0.2, -0.15) is 0 Å². The van der Waals surface area contributed by atoms with Gasteiger partial charge < -0.3 is 10.1 Å². The first-order valence-electron chi connectivity index (χ1n) is 9.24. The van der Waals surface area contributed by atoms with Gasteiger partial charge in [0.1, 0.15) is 30.3 Å². The first-order chi connectivity index (χ1) is 14.6. The van der Waals surface area contributed by atoms with Gasteiger partial charge in [-0.1, -0.05) is 29.7 Å². The highest BCUT2D eigenvalue weighted by Gasteiger charge is 2.08. The third kappa shape index (κ3) is 4.51. The number of anilines is 2. The summed E-state index contributed by atoms with van der Waals surface area (Å²) in [7, 11) is 0. The van der Waals surface area contributed by atoms with E-state index in [1.165, 1.54) is 18.5 Å². The van der Waals surface area contributed by atoms with Gasteiger partial charge in [-0.05, 0) is 61.0 Å². The van der Waals surface area contributed by atoms with Crippen molar-refractivity contribution >= 4 is 34.0 Å². The van der Waals surface area contributed by atoms with E-state index in [1.807, 2.05) is 24.3 Å². The largest absolute Gasteiger partial charge is 0.487 e. The van der Waals surface area contributed by atoms with E-state index in [2.05, 4.69) is 27.1 Å². The molecule has 1 aromatic heterocycles. The lowest BCUT2D eigenvalue weighted by molar-refractivity contribution is 0.306. The number of hydrogen-bond acceptors (Lipinski definition) is 4. The molecule has 0 aliphatic carbocycles. The summed E-state index contributed by atoms with van der Waals surface area (Å²) in [5, 5.41) is 4.58. The van der Waals surface area contributed by atoms with Crippen LogP contribution in [0.1, 0.15) is 18.1 Å². The maximum atomic E-state index is 13.3. The predicted molar refractivity (Wildman–Crippen MR) is 118 cm³/mol. The van der Waals surface area contributed by atoms with Crippen molar-refractivity contribution in [2.24, 2.45) is 0 Å². The summed E-state index contributed by atoms with van der Waals surface area (Å²) < 4.78 is 19.0. The van der Waals surface area contributed by atoms with Crippen LogP contribution in [-0.4, -0.2) is 9.97 Å². The number of rotatable bonds is 5. The second-order valence-corrected chi connectivity index (χ2v) is 6.93. The first-order valence-corrected chi connectivity index (χ1v) is 9.61. The first kappa shape index (κ1) is 19.7. The van der Waals surface area contributed by atoms with Gasteiger partial charge in [0.2, 0.25) is 0 Å². The number of nitrogens with one attached hydrogen (secondary N) is 1. The zero-order chi connectivity index (χ0) is 20.9. The van der Waals surface area contributed by atoms with E-state index in [0.29, 0.717) is 16.6 Å². The molecular formula is C24H17ClFN3O. The van der Waals surface area contributed by atoms with E-state index in [1.54, 1.807) is 31.2 Å². The van der Waals surface area contributed by atoms with Gasteiger partial charge in [-0.15, -0.1) is 5.92 Å². The fourth-order valence-electron chi connectivity index (χ4n) is 3.00. The predicted octanol–water partition coefficient (Wildman–Crippen LogP) is 6.12. The van der Waals surface area contributed by atoms with Crippen LogP contribution in [-0.2, 0) is 6.61 Å². The van der Waals surface area contributed by atoms with Crippen molar-refractivity contribution in [1.29, 1.82) is 0 Å². The Morgan fingerprint density at radius 3 is 2.77 bits per heavy atom. The topological polar surface area (TPSA) is 47.0 Å². The van der Waals surface area contributed by atoms with Crippen LogP contribution in [0.2, 0.25) is 5.02 Å². The number of hydrogen-bond donors (Lipinski definition) is 1. The van der Waals surface area contributed by atoms with Crippen LogP contribution in [0.3, 0.4) is 0 Å². The highest BCUT2D eigenvalue weighted by Crippen LogP contribution is 2.31. The number of aromatic nitrogens is 2. The lowest BCUT2D eigenvalue weighted by Gasteiger charge is -2.12. The van der Waals surface area contributed by atoms with Gasteiger partial charge >= 0.3 is 0 Å². The highest BCUT2D eigenvalue weighted by molar-refractivity contribution is 6.32. The molecule has 0 unspecified atom stereocenters. The SMILES string of the molecule is CC#Cc1ccc2ncnc(Nc3ccc(OCc4cccc(F)c4)c(Cl)c3)c2c1. The minimum Gasteiger partial charge on any atom is -0.487 e. The van der Waals surface area contributed by atoms with E-state index >= 15 is 0 Å². The van der Waals surface area contributed by atoms with Crippen LogP contribution < -0.4 is 10.1 Å². The Hall–Kier alpha value is -3.62. The van der Waals surface area contributed by atoms with E-state index < -0.39 is 0 Å². The summed E-state index contributed by atoms with van der Waals surface area (Å²) in [4.78, 5) is 8.66. The van der Waals surface area contributed by atoms with Crippen molar-refractivity contribution in [1.82, 2.24) is 9.97 Å². The maximum Gasteiger partial charge on any atom is 0.141 e. The number of benzene rings is 3. The standard InChI is InChI=1S/C24H17ClFN3O/c1-2-4-16-7-9-22-20(12-16)24(28-15-27-22)29-19-8-10-23(21(25)13-19)30-14-17-5-3-6-18(26)11-17/h3,5-13,15H,14H2,1H3,(H,27,28,29). The minimum atomic E-state index is -0.299. The van der Waals surface area contributed by atoms with Crippen LogP contribution in [0.5, 0.6) is 5.75 Å². The molecule has 0 fully saturated rings. The van der Waals surface area contributed by atoms with Crippen LogP contribution in [0.15, 0.2) is 67.0 Å². The Bertz CT molecular complexity index is 1280. The molecule has 0 atom stereocenters. The Kier molecular flexibility index (Phi) is 5.78. The van der Waals surface area contributed by atoms with Crippen LogP contribution in [0.4, 0.5) is 15.9 Å². The summed E-state index contributed by atoms with van der Waals surface area (Å²) in [5.41, 5.74) is 3.19. The van der Waals surface area contributed by atoms with E-state index in [4.69, 9.17) is 16.3 Å². The van der Waals surface area contributed by atoms with Gasteiger partial charge in [0.05, 0.1) is 10.5 Å². The van der Waals surface area contributed by atoms with Crippen molar-refractivity contribution in [3.8, 4) is 17.6 Å². The summed E-state index contributed by atoms with van der Waals surface area (Å²) in [6, 6.07) is 17.4. The molecule has 0 saturated heterocycles. The molecule has 0 saturated carbocycles. The molecule has 3 aromatic carbocycles. The van der Waals surface area contributed by atoms with Gasteiger partial charge in [0.25, 0.3) is 0 Å². The quantitative estimate of drug-likeness (QED) is 0.397. The molecule has 0 aliphatic rings. The smallest absolute Gasteiger partial charge is 0.141 e. The number of fused-ring (bicyclic) bond motifs is 1. The van der Waals surface area contributed by atoms with Crippen molar-refractivity contribution in [2.45, 2.75) is 13.5 Å². The molecule has 0 spiro atoms. The molecule has 1 heterocycles. The number of ether oxygens (including phenoxy) is 1. The van der Waals surface area contributed by atoms with Gasteiger partial charge in [-0.3, -0.25) is 0 Å². The Morgan fingerprint density at radius 1 is 1.07 bits per heavy atom. The van der Waals surface area contributed by atoms with E-state index in [0.717, 1.165) is 27.7 Å². The zero-order valence-corrected chi connectivity index (χ0v) is 16.9. The second-order valence-electron chi connectivity index (χ2n) is 6.52. The fourth-order valence-corrected chi connectivity index (χ4v) is 3.23. The number of halogens is 2. The molecule has 0 aliphatic heterocycles. The third-order valence-electron chi connectivity index (χ3n) is 4.38. The molecule has 148 valence electrons. The summed E-state index contributed by atoms with van der Waals surface area (Å²) in [6.07, 6.45) is 1.51. The van der Waals surface area contributed by atoms with E-state index in [-0.39, 0.29) is 12.4 Å². The summed E-state index contributed by atoms with van der Waals surface area (Å²) >= 11 is 6.39. The monoisotopic (exact) mass is 417 g/mol.